The van der Waals surface area contributed by atoms with Crippen LogP contribution in [0.2, 0.25) is 5.02 Å². The summed E-state index contributed by atoms with van der Waals surface area (Å²) in [5.74, 6) is -0.0344. The van der Waals surface area contributed by atoms with Gasteiger partial charge in [-0.2, -0.15) is 0 Å². The van der Waals surface area contributed by atoms with Gasteiger partial charge in [0.25, 0.3) is 5.91 Å². The molecule has 0 aliphatic carbocycles. The molecule has 4 heteroatoms. The maximum atomic E-state index is 12.0. The van der Waals surface area contributed by atoms with Crippen LogP contribution in [0.5, 0.6) is 0 Å². The topological polar surface area (TPSA) is 32.3 Å². The van der Waals surface area contributed by atoms with E-state index < -0.39 is 0 Å². The number of likely N-dealkylation sites (tertiary alicyclic amines) is 1. The summed E-state index contributed by atoms with van der Waals surface area (Å²) >= 11 is 5.87. The number of carbonyl (C=O) groups excluding carboxylic acids is 1. The number of hydrogen-bond donors (Lipinski definition) is 1. The average molecular weight is 253 g/mol. The first kappa shape index (κ1) is 12.4. The number of hydrogen-bond acceptors (Lipinski definition) is 2. The highest BCUT2D eigenvalue weighted by atomic mass is 35.5. The zero-order valence-electron chi connectivity index (χ0n) is 9.95. The number of halogens is 1. The summed E-state index contributed by atoms with van der Waals surface area (Å²) in [5.41, 5.74) is 0.630. The standard InChI is InChI=1S/C13H17ClN2O/c1-16-7-3-6-12(9-16)15-13(17)10-4-2-5-11(14)8-10/h2,4-5,8,12H,3,6-7,9H2,1H3,(H,15,17)/t12-/m1/s1. The molecule has 1 atom stereocenters. The Morgan fingerprint density at radius 2 is 2.35 bits per heavy atom. The number of piperidine rings is 1. The molecule has 1 aromatic rings. The molecule has 0 saturated carbocycles. The van der Waals surface area contributed by atoms with Crippen LogP contribution in [-0.4, -0.2) is 37.0 Å². The molecule has 3 nitrogen and oxygen atoms in total. The lowest BCUT2D eigenvalue weighted by Gasteiger charge is -2.30. The third-order valence-electron chi connectivity index (χ3n) is 3.05. The molecule has 0 aromatic heterocycles. The van der Waals surface area contributed by atoms with Gasteiger partial charge in [-0.1, -0.05) is 17.7 Å². The Kier molecular flexibility index (Phi) is 4.02. The van der Waals surface area contributed by atoms with Crippen molar-refractivity contribution in [2.24, 2.45) is 0 Å². The Hall–Kier alpha value is -1.06. The highest BCUT2D eigenvalue weighted by molar-refractivity contribution is 6.30. The lowest BCUT2D eigenvalue weighted by Crippen LogP contribution is -2.46. The van der Waals surface area contributed by atoms with Crippen LogP contribution >= 0.6 is 11.6 Å². The van der Waals surface area contributed by atoms with E-state index in [4.69, 9.17) is 11.6 Å². The number of carbonyl (C=O) groups is 1. The molecule has 1 aromatic carbocycles. The molecule has 1 aliphatic rings. The SMILES string of the molecule is CN1CCC[C@@H](NC(=O)c2cccc(Cl)c2)C1. The number of nitrogens with zero attached hydrogens (tertiary/aromatic N) is 1. The van der Waals surface area contributed by atoms with Gasteiger partial charge in [0.15, 0.2) is 0 Å². The average Bonchev–Trinajstić information content (AvgIpc) is 2.29. The molecule has 2 rings (SSSR count). The summed E-state index contributed by atoms with van der Waals surface area (Å²) in [5, 5.41) is 3.65. The van der Waals surface area contributed by atoms with Crippen molar-refractivity contribution in [1.29, 1.82) is 0 Å². The Morgan fingerprint density at radius 1 is 1.53 bits per heavy atom. The van der Waals surface area contributed by atoms with E-state index in [1.54, 1.807) is 24.3 Å². The largest absolute Gasteiger partial charge is 0.348 e. The maximum Gasteiger partial charge on any atom is 0.251 e. The molecule has 1 amide bonds. The van der Waals surface area contributed by atoms with Gasteiger partial charge in [0, 0.05) is 23.2 Å². The fourth-order valence-corrected chi connectivity index (χ4v) is 2.37. The molecule has 0 radical (unpaired) electrons. The molecule has 17 heavy (non-hydrogen) atoms. The first-order valence-electron chi connectivity index (χ1n) is 5.90. The Balaban J connectivity index is 1.97. The molecule has 1 fully saturated rings. The summed E-state index contributed by atoms with van der Waals surface area (Å²) in [7, 11) is 2.08. The molecular weight excluding hydrogens is 236 g/mol. The summed E-state index contributed by atoms with van der Waals surface area (Å²) in [6.07, 6.45) is 2.19. The van der Waals surface area contributed by atoms with Gasteiger partial charge in [0.05, 0.1) is 0 Å². The molecule has 0 spiro atoms. The van der Waals surface area contributed by atoms with Crippen LogP contribution in [-0.2, 0) is 0 Å². The monoisotopic (exact) mass is 252 g/mol. The number of amides is 1. The van der Waals surface area contributed by atoms with Crippen molar-refractivity contribution in [3.63, 3.8) is 0 Å². The lowest BCUT2D eigenvalue weighted by molar-refractivity contribution is 0.0912. The van der Waals surface area contributed by atoms with Crippen molar-refractivity contribution in [1.82, 2.24) is 10.2 Å². The van der Waals surface area contributed by atoms with Gasteiger partial charge < -0.3 is 10.2 Å². The van der Waals surface area contributed by atoms with Gasteiger partial charge in [-0.05, 0) is 44.6 Å². The van der Waals surface area contributed by atoms with Crippen LogP contribution in [0, 0.1) is 0 Å². The van der Waals surface area contributed by atoms with Crippen LogP contribution in [0.1, 0.15) is 23.2 Å². The van der Waals surface area contributed by atoms with E-state index in [1.807, 2.05) is 0 Å². The van der Waals surface area contributed by atoms with Gasteiger partial charge >= 0.3 is 0 Å². The third-order valence-corrected chi connectivity index (χ3v) is 3.28. The van der Waals surface area contributed by atoms with Gasteiger partial charge in [-0.25, -0.2) is 0 Å². The molecule has 1 heterocycles. The van der Waals surface area contributed by atoms with Crippen molar-refractivity contribution in [2.75, 3.05) is 20.1 Å². The van der Waals surface area contributed by atoms with E-state index >= 15 is 0 Å². The van der Waals surface area contributed by atoms with Crippen LogP contribution in [0.25, 0.3) is 0 Å². The quantitative estimate of drug-likeness (QED) is 0.875. The normalized spacial score (nSPS) is 21.2. The van der Waals surface area contributed by atoms with Crippen molar-refractivity contribution in [3.8, 4) is 0 Å². The minimum absolute atomic E-state index is 0.0344. The summed E-state index contributed by atoms with van der Waals surface area (Å²) in [4.78, 5) is 14.2. The summed E-state index contributed by atoms with van der Waals surface area (Å²) < 4.78 is 0. The molecule has 92 valence electrons. The van der Waals surface area contributed by atoms with Gasteiger partial charge in [-0.3, -0.25) is 4.79 Å². The second kappa shape index (κ2) is 5.52. The zero-order chi connectivity index (χ0) is 12.3. The number of likely N-dealkylation sites (N-methyl/N-ethyl adjacent to an activating group) is 1. The molecule has 1 aliphatic heterocycles. The van der Waals surface area contributed by atoms with E-state index in [9.17, 15) is 4.79 Å². The predicted octanol–water partition coefficient (Wildman–Crippen LogP) is 2.16. The van der Waals surface area contributed by atoms with E-state index in [1.165, 1.54) is 0 Å². The Bertz CT molecular complexity index is 408. The Morgan fingerprint density at radius 3 is 3.06 bits per heavy atom. The van der Waals surface area contributed by atoms with Gasteiger partial charge in [-0.15, -0.1) is 0 Å². The second-order valence-electron chi connectivity index (χ2n) is 4.59. The van der Waals surface area contributed by atoms with Crippen LogP contribution < -0.4 is 5.32 Å². The van der Waals surface area contributed by atoms with Crippen molar-refractivity contribution in [2.45, 2.75) is 18.9 Å². The minimum atomic E-state index is -0.0344. The molecule has 1 saturated heterocycles. The number of rotatable bonds is 2. The highest BCUT2D eigenvalue weighted by Crippen LogP contribution is 2.12. The fraction of sp³-hybridized carbons (Fsp3) is 0.462. The maximum absolute atomic E-state index is 12.0. The zero-order valence-corrected chi connectivity index (χ0v) is 10.7. The van der Waals surface area contributed by atoms with Crippen LogP contribution in [0.15, 0.2) is 24.3 Å². The first-order chi connectivity index (χ1) is 8.15. The van der Waals surface area contributed by atoms with Crippen LogP contribution in [0.4, 0.5) is 0 Å². The van der Waals surface area contributed by atoms with E-state index in [0.717, 1.165) is 25.9 Å². The second-order valence-corrected chi connectivity index (χ2v) is 5.02. The van der Waals surface area contributed by atoms with Crippen molar-refractivity contribution in [3.05, 3.63) is 34.9 Å². The number of benzene rings is 1. The summed E-state index contributed by atoms with van der Waals surface area (Å²) in [6.45, 7) is 2.04. The van der Waals surface area contributed by atoms with E-state index in [-0.39, 0.29) is 11.9 Å². The molecule has 0 unspecified atom stereocenters. The van der Waals surface area contributed by atoms with E-state index in [0.29, 0.717) is 10.6 Å². The molecule has 1 N–H and O–H groups in total. The first-order valence-corrected chi connectivity index (χ1v) is 6.28. The van der Waals surface area contributed by atoms with Gasteiger partial charge in [0.2, 0.25) is 0 Å². The van der Waals surface area contributed by atoms with Crippen LogP contribution in [0.3, 0.4) is 0 Å². The lowest BCUT2D eigenvalue weighted by atomic mass is 10.1. The number of nitrogens with one attached hydrogen (secondary N) is 1. The predicted molar refractivity (Wildman–Crippen MR) is 69.4 cm³/mol. The van der Waals surface area contributed by atoms with Crippen molar-refractivity contribution >= 4 is 17.5 Å². The fourth-order valence-electron chi connectivity index (χ4n) is 2.18. The highest BCUT2D eigenvalue weighted by Gasteiger charge is 2.19. The Labute approximate surface area is 107 Å². The van der Waals surface area contributed by atoms with Gasteiger partial charge in [0.1, 0.15) is 0 Å². The molecule has 0 bridgehead atoms. The third kappa shape index (κ3) is 3.45. The summed E-state index contributed by atoms with van der Waals surface area (Å²) in [6, 6.07) is 7.30. The molecular formula is C13H17ClN2O. The smallest absolute Gasteiger partial charge is 0.251 e. The minimum Gasteiger partial charge on any atom is -0.348 e. The van der Waals surface area contributed by atoms with E-state index in [2.05, 4.69) is 17.3 Å². The van der Waals surface area contributed by atoms with Crippen molar-refractivity contribution < 1.29 is 4.79 Å².